The summed E-state index contributed by atoms with van der Waals surface area (Å²) < 4.78 is 4.87. The second kappa shape index (κ2) is 7.02. The first kappa shape index (κ1) is 12.7. The zero-order valence-electron chi connectivity index (χ0n) is 9.45. The standard InChI is InChI=1S/C9H19N5O2/c1-16-6-5-12-9(14-10)13-7-3-2-4-11-8(7)15/h7H,2-6,10H2,1H3,(H,11,15)(H2,12,13,14). The lowest BCUT2D eigenvalue weighted by Crippen LogP contribution is -2.54. The van der Waals surface area contributed by atoms with E-state index in [1.165, 1.54) is 0 Å². The normalized spacial score (nSPS) is 21.5. The maximum absolute atomic E-state index is 11.5. The molecule has 0 saturated carbocycles. The molecule has 1 amide bonds. The van der Waals surface area contributed by atoms with Gasteiger partial charge >= 0.3 is 0 Å². The van der Waals surface area contributed by atoms with E-state index >= 15 is 0 Å². The van der Waals surface area contributed by atoms with Crippen molar-refractivity contribution in [1.29, 1.82) is 0 Å². The number of nitrogens with zero attached hydrogens (tertiary/aromatic N) is 1. The highest BCUT2D eigenvalue weighted by Gasteiger charge is 2.22. The SMILES string of the molecule is COCCN=C(NN)NC1CCCNC1=O. The van der Waals surface area contributed by atoms with E-state index in [1.54, 1.807) is 7.11 Å². The van der Waals surface area contributed by atoms with E-state index in [-0.39, 0.29) is 11.9 Å². The van der Waals surface area contributed by atoms with Crippen LogP contribution in [0.1, 0.15) is 12.8 Å². The van der Waals surface area contributed by atoms with Gasteiger partial charge in [-0.05, 0) is 12.8 Å². The summed E-state index contributed by atoms with van der Waals surface area (Å²) in [4.78, 5) is 15.6. The van der Waals surface area contributed by atoms with Crippen LogP contribution in [0, 0.1) is 0 Å². The molecule has 1 aliphatic heterocycles. The zero-order chi connectivity index (χ0) is 11.8. The number of carbonyl (C=O) groups excluding carboxylic acids is 1. The highest BCUT2D eigenvalue weighted by Crippen LogP contribution is 2.02. The average molecular weight is 229 g/mol. The van der Waals surface area contributed by atoms with Crippen LogP contribution in [-0.4, -0.2) is 44.7 Å². The topological polar surface area (TPSA) is 101 Å². The Balaban J connectivity index is 2.41. The smallest absolute Gasteiger partial charge is 0.242 e. The van der Waals surface area contributed by atoms with Gasteiger partial charge in [-0.3, -0.25) is 10.2 Å². The Kier molecular flexibility index (Phi) is 5.58. The predicted octanol–water partition coefficient (Wildman–Crippen LogP) is -1.68. The number of hydrogen-bond donors (Lipinski definition) is 4. The quantitative estimate of drug-likeness (QED) is 0.152. The first-order valence-corrected chi connectivity index (χ1v) is 5.32. The van der Waals surface area contributed by atoms with Gasteiger partial charge < -0.3 is 15.4 Å². The molecule has 1 rings (SSSR count). The second-order valence-electron chi connectivity index (χ2n) is 3.50. The minimum atomic E-state index is -0.258. The molecule has 1 atom stereocenters. The summed E-state index contributed by atoms with van der Waals surface area (Å²) in [7, 11) is 1.60. The van der Waals surface area contributed by atoms with Gasteiger partial charge in [0.2, 0.25) is 11.9 Å². The van der Waals surface area contributed by atoms with Crippen LogP contribution >= 0.6 is 0 Å². The van der Waals surface area contributed by atoms with E-state index in [0.29, 0.717) is 19.1 Å². The van der Waals surface area contributed by atoms with Crippen LogP contribution in [0.5, 0.6) is 0 Å². The van der Waals surface area contributed by atoms with Gasteiger partial charge in [0, 0.05) is 13.7 Å². The summed E-state index contributed by atoms with van der Waals surface area (Å²) in [5, 5.41) is 5.74. The molecule has 16 heavy (non-hydrogen) atoms. The summed E-state index contributed by atoms with van der Waals surface area (Å²) in [5.74, 6) is 5.70. The Labute approximate surface area is 94.8 Å². The van der Waals surface area contributed by atoms with E-state index in [4.69, 9.17) is 10.6 Å². The Morgan fingerprint density at radius 3 is 3.19 bits per heavy atom. The molecule has 0 bridgehead atoms. The van der Waals surface area contributed by atoms with Gasteiger partial charge in [0.1, 0.15) is 6.04 Å². The summed E-state index contributed by atoms with van der Waals surface area (Å²) in [6.45, 7) is 1.75. The molecule has 0 aliphatic carbocycles. The number of methoxy groups -OCH3 is 1. The van der Waals surface area contributed by atoms with Crippen molar-refractivity contribution in [1.82, 2.24) is 16.1 Å². The number of hydrogen-bond acceptors (Lipinski definition) is 4. The summed E-state index contributed by atoms with van der Waals surface area (Å²) >= 11 is 0. The van der Waals surface area contributed by atoms with Gasteiger partial charge in [-0.2, -0.15) is 0 Å². The number of amides is 1. The maximum Gasteiger partial charge on any atom is 0.242 e. The van der Waals surface area contributed by atoms with Gasteiger partial charge in [0.05, 0.1) is 13.2 Å². The molecule has 7 nitrogen and oxygen atoms in total. The van der Waals surface area contributed by atoms with Crippen molar-refractivity contribution < 1.29 is 9.53 Å². The molecule has 92 valence electrons. The Bertz CT molecular complexity index is 256. The van der Waals surface area contributed by atoms with Gasteiger partial charge in [0.15, 0.2) is 0 Å². The molecule has 1 heterocycles. The molecule has 0 aromatic carbocycles. The lowest BCUT2D eigenvalue weighted by atomic mass is 10.1. The number of nitrogens with one attached hydrogen (secondary N) is 3. The van der Waals surface area contributed by atoms with Crippen LogP contribution in [0.4, 0.5) is 0 Å². The molecule has 0 spiro atoms. The average Bonchev–Trinajstić information content (AvgIpc) is 2.30. The third kappa shape index (κ3) is 4.03. The van der Waals surface area contributed by atoms with E-state index in [9.17, 15) is 4.79 Å². The highest BCUT2D eigenvalue weighted by molar-refractivity contribution is 5.89. The number of carbonyl (C=O) groups is 1. The number of hydrazine groups is 1. The summed E-state index contributed by atoms with van der Waals surface area (Å²) in [5.41, 5.74) is 2.43. The van der Waals surface area contributed by atoms with Crippen LogP contribution in [0.3, 0.4) is 0 Å². The first-order chi connectivity index (χ1) is 7.77. The van der Waals surface area contributed by atoms with Crippen LogP contribution < -0.4 is 21.9 Å². The number of rotatable bonds is 4. The van der Waals surface area contributed by atoms with Crippen molar-refractivity contribution in [2.45, 2.75) is 18.9 Å². The monoisotopic (exact) mass is 229 g/mol. The van der Waals surface area contributed by atoms with E-state index in [1.807, 2.05) is 0 Å². The molecular formula is C9H19N5O2. The Hall–Kier alpha value is -1.34. The van der Waals surface area contributed by atoms with E-state index in [0.717, 1.165) is 19.4 Å². The Morgan fingerprint density at radius 1 is 1.75 bits per heavy atom. The van der Waals surface area contributed by atoms with Crippen molar-refractivity contribution in [2.24, 2.45) is 10.8 Å². The summed E-state index contributed by atoms with van der Waals surface area (Å²) in [6.07, 6.45) is 1.75. The number of nitrogens with two attached hydrogens (primary N) is 1. The van der Waals surface area contributed by atoms with Crippen molar-refractivity contribution in [3.63, 3.8) is 0 Å². The molecule has 0 aromatic rings. The van der Waals surface area contributed by atoms with E-state index < -0.39 is 0 Å². The molecule has 0 aromatic heterocycles. The number of piperidine rings is 1. The zero-order valence-corrected chi connectivity index (χ0v) is 9.45. The third-order valence-corrected chi connectivity index (χ3v) is 2.30. The largest absolute Gasteiger partial charge is 0.383 e. The Morgan fingerprint density at radius 2 is 2.56 bits per heavy atom. The molecule has 1 aliphatic rings. The lowest BCUT2D eigenvalue weighted by molar-refractivity contribution is -0.124. The van der Waals surface area contributed by atoms with Crippen molar-refractivity contribution >= 4 is 11.9 Å². The molecular weight excluding hydrogens is 210 g/mol. The van der Waals surface area contributed by atoms with Crippen molar-refractivity contribution in [3.8, 4) is 0 Å². The molecule has 1 saturated heterocycles. The van der Waals surface area contributed by atoms with Crippen molar-refractivity contribution in [3.05, 3.63) is 0 Å². The van der Waals surface area contributed by atoms with Gasteiger partial charge in [-0.1, -0.05) is 0 Å². The van der Waals surface area contributed by atoms with E-state index in [2.05, 4.69) is 21.1 Å². The fourth-order valence-corrected chi connectivity index (χ4v) is 1.46. The minimum absolute atomic E-state index is 0.0130. The van der Waals surface area contributed by atoms with Gasteiger partial charge in [-0.15, -0.1) is 0 Å². The number of aliphatic imine (C=N–C) groups is 1. The number of guanidine groups is 1. The molecule has 1 unspecified atom stereocenters. The second-order valence-corrected chi connectivity index (χ2v) is 3.50. The van der Waals surface area contributed by atoms with Crippen LogP contribution in [0.25, 0.3) is 0 Å². The predicted molar refractivity (Wildman–Crippen MR) is 60.7 cm³/mol. The van der Waals surface area contributed by atoms with Crippen molar-refractivity contribution in [2.75, 3.05) is 26.8 Å². The molecule has 1 fully saturated rings. The minimum Gasteiger partial charge on any atom is -0.383 e. The highest BCUT2D eigenvalue weighted by atomic mass is 16.5. The maximum atomic E-state index is 11.5. The first-order valence-electron chi connectivity index (χ1n) is 5.32. The van der Waals surface area contributed by atoms with Crippen LogP contribution in [-0.2, 0) is 9.53 Å². The third-order valence-electron chi connectivity index (χ3n) is 2.30. The van der Waals surface area contributed by atoms with Crippen LogP contribution in [0.2, 0.25) is 0 Å². The molecule has 5 N–H and O–H groups in total. The lowest BCUT2D eigenvalue weighted by Gasteiger charge is -2.24. The number of ether oxygens (including phenoxy) is 1. The van der Waals surface area contributed by atoms with Gasteiger partial charge in [0.25, 0.3) is 0 Å². The van der Waals surface area contributed by atoms with Gasteiger partial charge in [-0.25, -0.2) is 10.8 Å². The fraction of sp³-hybridized carbons (Fsp3) is 0.778. The molecule has 0 radical (unpaired) electrons. The van der Waals surface area contributed by atoms with Crippen LogP contribution in [0.15, 0.2) is 4.99 Å². The molecule has 7 heteroatoms. The summed E-state index contributed by atoms with van der Waals surface area (Å²) in [6, 6.07) is -0.258. The fourth-order valence-electron chi connectivity index (χ4n) is 1.46.